The second kappa shape index (κ2) is 3.86. The van der Waals surface area contributed by atoms with Crippen LogP contribution in [0.15, 0.2) is 18.2 Å². The number of carbonyl (C=O) groups excluding carboxylic acids is 1. The van der Waals surface area contributed by atoms with E-state index in [4.69, 9.17) is 10.6 Å². The molecule has 0 unspecified atom stereocenters. The van der Waals surface area contributed by atoms with Crippen molar-refractivity contribution in [3.05, 3.63) is 29.6 Å². The number of ether oxygens (including phenoxy) is 1. The number of nitrogen functional groups attached to an aromatic ring is 1. The number of carbonyl (C=O) groups is 1. The summed E-state index contributed by atoms with van der Waals surface area (Å²) in [7, 11) is 1.39. The molecule has 0 fully saturated rings. The topological polar surface area (TPSA) is 64.3 Å². The van der Waals surface area contributed by atoms with Crippen molar-refractivity contribution < 1.29 is 13.9 Å². The van der Waals surface area contributed by atoms with E-state index < -0.39 is 11.7 Å². The minimum absolute atomic E-state index is 0.0741. The molecule has 0 radical (unpaired) electrons. The normalized spacial score (nSPS) is 9.46. The molecule has 0 heterocycles. The van der Waals surface area contributed by atoms with Crippen molar-refractivity contribution in [2.45, 2.75) is 0 Å². The molecule has 0 aliphatic heterocycles. The average Bonchev–Trinajstić information content (AvgIpc) is 2.16. The molecule has 0 aliphatic rings. The number of halogens is 1. The van der Waals surface area contributed by atoms with E-state index in [-0.39, 0.29) is 11.3 Å². The fraction of sp³-hybridized carbons (Fsp3) is 0.125. The van der Waals surface area contributed by atoms with Crippen LogP contribution in [-0.4, -0.2) is 13.0 Å². The van der Waals surface area contributed by atoms with Gasteiger partial charge in [-0.15, -0.1) is 0 Å². The first-order chi connectivity index (χ1) is 6.19. The third-order valence-electron chi connectivity index (χ3n) is 1.54. The Hall–Kier alpha value is -1.62. The van der Waals surface area contributed by atoms with Crippen molar-refractivity contribution in [2.24, 2.45) is 5.84 Å². The number of rotatable bonds is 2. The minimum Gasteiger partial charge on any atom is -0.496 e. The SMILES string of the molecule is COc1ccc(F)cc1C(=O)NN. The Balaban J connectivity index is 3.15. The molecule has 5 heteroatoms. The van der Waals surface area contributed by atoms with E-state index in [9.17, 15) is 9.18 Å². The van der Waals surface area contributed by atoms with Crippen LogP contribution >= 0.6 is 0 Å². The molecule has 1 aromatic carbocycles. The fourth-order valence-corrected chi connectivity index (χ4v) is 0.935. The van der Waals surface area contributed by atoms with Gasteiger partial charge < -0.3 is 4.74 Å². The van der Waals surface area contributed by atoms with Crippen LogP contribution in [0.1, 0.15) is 10.4 Å². The Morgan fingerprint density at radius 2 is 2.31 bits per heavy atom. The number of hydrazine groups is 1. The van der Waals surface area contributed by atoms with Gasteiger partial charge in [-0.25, -0.2) is 10.2 Å². The first-order valence-electron chi connectivity index (χ1n) is 3.53. The third-order valence-corrected chi connectivity index (χ3v) is 1.54. The highest BCUT2D eigenvalue weighted by Gasteiger charge is 2.11. The number of hydrogen-bond donors (Lipinski definition) is 2. The van der Waals surface area contributed by atoms with Gasteiger partial charge in [-0.2, -0.15) is 0 Å². The van der Waals surface area contributed by atoms with Gasteiger partial charge in [-0.1, -0.05) is 0 Å². The first kappa shape index (κ1) is 9.47. The van der Waals surface area contributed by atoms with Crippen molar-refractivity contribution in [3.63, 3.8) is 0 Å². The zero-order valence-corrected chi connectivity index (χ0v) is 7.00. The van der Waals surface area contributed by atoms with Gasteiger partial charge >= 0.3 is 0 Å². The average molecular weight is 184 g/mol. The molecule has 0 atom stereocenters. The molecule has 1 amide bonds. The van der Waals surface area contributed by atoms with E-state index in [1.807, 2.05) is 5.43 Å². The van der Waals surface area contributed by atoms with Gasteiger partial charge in [0, 0.05) is 0 Å². The number of nitrogens with one attached hydrogen (secondary N) is 1. The number of amides is 1. The largest absolute Gasteiger partial charge is 0.496 e. The van der Waals surface area contributed by atoms with Crippen LogP contribution in [0.4, 0.5) is 4.39 Å². The van der Waals surface area contributed by atoms with E-state index in [1.165, 1.54) is 19.2 Å². The van der Waals surface area contributed by atoms with Gasteiger partial charge in [0.25, 0.3) is 5.91 Å². The van der Waals surface area contributed by atoms with Crippen LogP contribution in [0, 0.1) is 5.82 Å². The number of benzene rings is 1. The lowest BCUT2D eigenvalue weighted by molar-refractivity contribution is 0.0950. The summed E-state index contributed by atoms with van der Waals surface area (Å²) in [6.45, 7) is 0. The maximum absolute atomic E-state index is 12.7. The molecular formula is C8H9FN2O2. The summed E-state index contributed by atoms with van der Waals surface area (Å²) in [6, 6.07) is 3.62. The molecule has 0 saturated heterocycles. The van der Waals surface area contributed by atoms with E-state index in [1.54, 1.807) is 0 Å². The predicted octanol–water partition coefficient (Wildman–Crippen LogP) is 0.438. The maximum Gasteiger partial charge on any atom is 0.269 e. The number of methoxy groups -OCH3 is 1. The molecule has 0 spiro atoms. The molecule has 4 nitrogen and oxygen atoms in total. The van der Waals surface area contributed by atoms with Crippen LogP contribution in [0.2, 0.25) is 0 Å². The van der Waals surface area contributed by atoms with E-state index in [2.05, 4.69) is 0 Å². The zero-order valence-electron chi connectivity index (χ0n) is 7.00. The molecule has 0 saturated carbocycles. The van der Waals surface area contributed by atoms with Gasteiger partial charge in [0.15, 0.2) is 0 Å². The lowest BCUT2D eigenvalue weighted by Gasteiger charge is -2.06. The second-order valence-electron chi connectivity index (χ2n) is 2.32. The highest BCUT2D eigenvalue weighted by atomic mass is 19.1. The summed E-state index contributed by atoms with van der Waals surface area (Å²) < 4.78 is 17.5. The smallest absolute Gasteiger partial charge is 0.269 e. The summed E-state index contributed by atoms with van der Waals surface area (Å²) in [5.41, 5.74) is 1.97. The molecule has 3 N–H and O–H groups in total. The summed E-state index contributed by atoms with van der Waals surface area (Å²) >= 11 is 0. The Morgan fingerprint density at radius 1 is 1.62 bits per heavy atom. The van der Waals surface area contributed by atoms with E-state index in [0.29, 0.717) is 0 Å². The number of hydrogen-bond acceptors (Lipinski definition) is 3. The standard InChI is InChI=1S/C8H9FN2O2/c1-13-7-3-2-5(9)4-6(7)8(12)11-10/h2-4H,10H2,1H3,(H,11,12). The molecule has 70 valence electrons. The van der Waals surface area contributed by atoms with Crippen LogP contribution < -0.4 is 16.0 Å². The lowest BCUT2D eigenvalue weighted by Crippen LogP contribution is -2.30. The summed E-state index contributed by atoms with van der Waals surface area (Å²) in [4.78, 5) is 11.1. The van der Waals surface area contributed by atoms with Crippen LogP contribution in [0.25, 0.3) is 0 Å². The van der Waals surface area contributed by atoms with Crippen molar-refractivity contribution in [2.75, 3.05) is 7.11 Å². The van der Waals surface area contributed by atoms with Gasteiger partial charge in [0.1, 0.15) is 11.6 Å². The van der Waals surface area contributed by atoms with E-state index in [0.717, 1.165) is 6.07 Å². The predicted molar refractivity (Wildman–Crippen MR) is 44.6 cm³/mol. The highest BCUT2D eigenvalue weighted by molar-refractivity contribution is 5.96. The summed E-state index contributed by atoms with van der Waals surface area (Å²) in [6.07, 6.45) is 0. The van der Waals surface area contributed by atoms with E-state index >= 15 is 0 Å². The highest BCUT2D eigenvalue weighted by Crippen LogP contribution is 2.18. The molecule has 0 bridgehead atoms. The molecule has 0 aliphatic carbocycles. The van der Waals surface area contributed by atoms with Gasteiger partial charge in [0.2, 0.25) is 0 Å². The molecule has 13 heavy (non-hydrogen) atoms. The minimum atomic E-state index is -0.587. The lowest BCUT2D eigenvalue weighted by atomic mass is 10.2. The fourth-order valence-electron chi connectivity index (χ4n) is 0.935. The van der Waals surface area contributed by atoms with Gasteiger partial charge in [0.05, 0.1) is 12.7 Å². The Morgan fingerprint density at radius 3 is 2.85 bits per heavy atom. The summed E-state index contributed by atoms with van der Waals surface area (Å²) in [5.74, 6) is 4.08. The van der Waals surface area contributed by atoms with Gasteiger partial charge in [-0.3, -0.25) is 10.2 Å². The Labute approximate surface area is 74.5 Å². The first-order valence-corrected chi connectivity index (χ1v) is 3.53. The molecule has 0 aromatic heterocycles. The Kier molecular flexibility index (Phi) is 2.81. The van der Waals surface area contributed by atoms with Crippen LogP contribution in [0.3, 0.4) is 0 Å². The van der Waals surface area contributed by atoms with Crippen molar-refractivity contribution in [1.82, 2.24) is 5.43 Å². The summed E-state index contributed by atoms with van der Waals surface area (Å²) in [5, 5.41) is 0. The van der Waals surface area contributed by atoms with Crippen LogP contribution in [-0.2, 0) is 0 Å². The molecule has 1 rings (SSSR count). The van der Waals surface area contributed by atoms with Crippen molar-refractivity contribution in [1.29, 1.82) is 0 Å². The zero-order chi connectivity index (χ0) is 9.84. The van der Waals surface area contributed by atoms with Gasteiger partial charge in [-0.05, 0) is 18.2 Å². The monoisotopic (exact) mass is 184 g/mol. The third kappa shape index (κ3) is 1.94. The second-order valence-corrected chi connectivity index (χ2v) is 2.32. The van der Waals surface area contributed by atoms with Crippen LogP contribution in [0.5, 0.6) is 5.75 Å². The maximum atomic E-state index is 12.7. The van der Waals surface area contributed by atoms with Crippen molar-refractivity contribution in [3.8, 4) is 5.75 Å². The van der Waals surface area contributed by atoms with Crippen molar-refractivity contribution >= 4 is 5.91 Å². The molecular weight excluding hydrogens is 175 g/mol. The molecule has 1 aromatic rings. The quantitative estimate of drug-likeness (QED) is 0.398. The Bertz CT molecular complexity index is 328. The number of nitrogens with two attached hydrogens (primary N) is 1.